The van der Waals surface area contributed by atoms with Gasteiger partial charge in [0.25, 0.3) is 0 Å². The van der Waals surface area contributed by atoms with Gasteiger partial charge in [0.05, 0.1) is 5.69 Å². The zero-order chi connectivity index (χ0) is 13.1. The normalized spacial score (nSPS) is 24.3. The van der Waals surface area contributed by atoms with Crippen LogP contribution in [0.25, 0.3) is 0 Å². The Hall–Kier alpha value is -0.250. The number of piperazine rings is 1. The molecule has 1 saturated heterocycles. The first kappa shape index (κ1) is 14.2. The molecule has 1 aromatic rings. The summed E-state index contributed by atoms with van der Waals surface area (Å²) in [5, 5.41) is 4.39. The van der Waals surface area contributed by atoms with E-state index in [1.165, 1.54) is 18.5 Å². The molecular weight excluding hydrogens is 312 g/mol. The Balaban J connectivity index is 2.18. The zero-order valence-corrected chi connectivity index (χ0v) is 13.3. The number of hydrogen-bond donors (Lipinski definition) is 1. The van der Waals surface area contributed by atoms with E-state index in [2.05, 4.69) is 46.1 Å². The van der Waals surface area contributed by atoms with Gasteiger partial charge in [-0.1, -0.05) is 24.9 Å². The SMILES string of the molecule is CCCC1CN(c2ccc(Cl)cc2Br)C(C)CN1. The molecule has 1 N–H and O–H groups in total. The number of nitrogens with one attached hydrogen (secondary N) is 1. The van der Waals surface area contributed by atoms with Crippen LogP contribution >= 0.6 is 27.5 Å². The van der Waals surface area contributed by atoms with Gasteiger partial charge in [-0.25, -0.2) is 0 Å². The molecule has 1 aliphatic rings. The fraction of sp³-hybridized carbons (Fsp3) is 0.571. The molecule has 0 saturated carbocycles. The lowest BCUT2D eigenvalue weighted by Crippen LogP contribution is -2.55. The van der Waals surface area contributed by atoms with Gasteiger partial charge in [0.2, 0.25) is 0 Å². The molecule has 2 rings (SSSR count). The molecule has 0 aliphatic carbocycles. The van der Waals surface area contributed by atoms with Gasteiger partial charge in [-0.2, -0.15) is 0 Å². The fourth-order valence-electron chi connectivity index (χ4n) is 2.52. The number of hydrogen-bond acceptors (Lipinski definition) is 2. The highest BCUT2D eigenvalue weighted by atomic mass is 79.9. The summed E-state index contributed by atoms with van der Waals surface area (Å²) in [6.45, 7) is 6.60. The average molecular weight is 332 g/mol. The maximum absolute atomic E-state index is 6.01. The lowest BCUT2D eigenvalue weighted by atomic mass is 10.1. The first-order valence-corrected chi connectivity index (χ1v) is 7.74. The summed E-state index contributed by atoms with van der Waals surface area (Å²) < 4.78 is 1.08. The van der Waals surface area contributed by atoms with Crippen LogP contribution in [0.2, 0.25) is 5.02 Å². The summed E-state index contributed by atoms with van der Waals surface area (Å²) >= 11 is 9.63. The summed E-state index contributed by atoms with van der Waals surface area (Å²) in [7, 11) is 0. The Morgan fingerprint density at radius 3 is 2.94 bits per heavy atom. The van der Waals surface area contributed by atoms with Crippen LogP contribution in [-0.2, 0) is 0 Å². The molecule has 100 valence electrons. The number of halogens is 2. The molecular formula is C14H20BrClN2. The van der Waals surface area contributed by atoms with Crippen molar-refractivity contribution < 1.29 is 0 Å². The summed E-state index contributed by atoms with van der Waals surface area (Å²) in [5.74, 6) is 0. The van der Waals surface area contributed by atoms with E-state index in [0.29, 0.717) is 12.1 Å². The average Bonchev–Trinajstić information content (AvgIpc) is 2.33. The van der Waals surface area contributed by atoms with Crippen molar-refractivity contribution in [1.82, 2.24) is 5.32 Å². The first-order valence-electron chi connectivity index (χ1n) is 6.57. The van der Waals surface area contributed by atoms with E-state index < -0.39 is 0 Å². The second-order valence-corrected chi connectivity index (χ2v) is 6.28. The third kappa shape index (κ3) is 3.19. The van der Waals surface area contributed by atoms with Crippen molar-refractivity contribution in [3.05, 3.63) is 27.7 Å². The molecule has 0 bridgehead atoms. The predicted octanol–water partition coefficient (Wildman–Crippen LogP) is 4.07. The number of benzene rings is 1. The van der Waals surface area contributed by atoms with E-state index in [1.807, 2.05) is 12.1 Å². The largest absolute Gasteiger partial charge is 0.365 e. The van der Waals surface area contributed by atoms with Crippen molar-refractivity contribution >= 4 is 33.2 Å². The van der Waals surface area contributed by atoms with Gasteiger partial charge in [0, 0.05) is 34.7 Å². The van der Waals surface area contributed by atoms with E-state index in [4.69, 9.17) is 11.6 Å². The first-order chi connectivity index (χ1) is 8.61. The zero-order valence-electron chi connectivity index (χ0n) is 10.9. The van der Waals surface area contributed by atoms with Gasteiger partial charge in [0.1, 0.15) is 0 Å². The summed E-state index contributed by atoms with van der Waals surface area (Å²) in [4.78, 5) is 2.47. The van der Waals surface area contributed by atoms with Crippen molar-refractivity contribution in [3.8, 4) is 0 Å². The van der Waals surface area contributed by atoms with E-state index >= 15 is 0 Å². The van der Waals surface area contributed by atoms with Crippen LogP contribution in [0, 0.1) is 0 Å². The van der Waals surface area contributed by atoms with Crippen LogP contribution in [-0.4, -0.2) is 25.2 Å². The smallest absolute Gasteiger partial charge is 0.0515 e. The topological polar surface area (TPSA) is 15.3 Å². The molecule has 0 spiro atoms. The minimum Gasteiger partial charge on any atom is -0.365 e. The number of anilines is 1. The van der Waals surface area contributed by atoms with Crippen molar-refractivity contribution in [2.24, 2.45) is 0 Å². The molecule has 0 aromatic heterocycles. The fourth-order valence-corrected chi connectivity index (χ4v) is 3.43. The maximum atomic E-state index is 6.01. The van der Waals surface area contributed by atoms with Crippen LogP contribution in [0.3, 0.4) is 0 Å². The summed E-state index contributed by atoms with van der Waals surface area (Å²) in [6, 6.07) is 7.15. The van der Waals surface area contributed by atoms with Crippen LogP contribution in [0.4, 0.5) is 5.69 Å². The van der Waals surface area contributed by atoms with Gasteiger partial charge < -0.3 is 10.2 Å². The lowest BCUT2D eigenvalue weighted by Gasteiger charge is -2.41. The molecule has 1 aromatic carbocycles. The molecule has 2 atom stereocenters. The lowest BCUT2D eigenvalue weighted by molar-refractivity contribution is 0.386. The standard InChI is InChI=1S/C14H20BrClN2/c1-3-4-12-9-18(10(2)8-17-12)14-6-5-11(16)7-13(14)15/h5-7,10,12,17H,3-4,8-9H2,1-2H3. The Morgan fingerprint density at radius 1 is 1.50 bits per heavy atom. The molecule has 2 unspecified atom stereocenters. The molecule has 4 heteroatoms. The Bertz CT molecular complexity index is 411. The minimum absolute atomic E-state index is 0.510. The van der Waals surface area contributed by atoms with Crippen molar-refractivity contribution in [3.63, 3.8) is 0 Å². The van der Waals surface area contributed by atoms with Crippen LogP contribution in [0.5, 0.6) is 0 Å². The van der Waals surface area contributed by atoms with Gasteiger partial charge >= 0.3 is 0 Å². The van der Waals surface area contributed by atoms with Crippen molar-refractivity contribution in [2.75, 3.05) is 18.0 Å². The molecule has 18 heavy (non-hydrogen) atoms. The maximum Gasteiger partial charge on any atom is 0.0515 e. The molecule has 1 fully saturated rings. The highest BCUT2D eigenvalue weighted by Gasteiger charge is 2.25. The summed E-state index contributed by atoms with van der Waals surface area (Å²) in [5.41, 5.74) is 1.24. The number of nitrogens with zero attached hydrogens (tertiary/aromatic N) is 1. The van der Waals surface area contributed by atoms with Gasteiger partial charge in [-0.15, -0.1) is 0 Å². The Kier molecular flexibility index (Phi) is 4.93. The molecule has 1 heterocycles. The Morgan fingerprint density at radius 2 is 2.28 bits per heavy atom. The highest BCUT2D eigenvalue weighted by Crippen LogP contribution is 2.31. The minimum atomic E-state index is 0.510. The second kappa shape index (κ2) is 6.27. The van der Waals surface area contributed by atoms with Gasteiger partial charge in [0.15, 0.2) is 0 Å². The monoisotopic (exact) mass is 330 g/mol. The third-order valence-electron chi connectivity index (χ3n) is 3.51. The van der Waals surface area contributed by atoms with Gasteiger partial charge in [-0.3, -0.25) is 0 Å². The quantitative estimate of drug-likeness (QED) is 0.898. The van der Waals surface area contributed by atoms with Crippen LogP contribution in [0.1, 0.15) is 26.7 Å². The summed E-state index contributed by atoms with van der Waals surface area (Å²) in [6.07, 6.45) is 2.45. The van der Waals surface area contributed by atoms with Gasteiger partial charge in [-0.05, 0) is 47.5 Å². The van der Waals surface area contributed by atoms with E-state index in [9.17, 15) is 0 Å². The molecule has 1 aliphatic heterocycles. The Labute approximate surface area is 123 Å². The third-order valence-corrected chi connectivity index (χ3v) is 4.38. The molecule has 0 radical (unpaired) electrons. The van der Waals surface area contributed by atoms with E-state index in [-0.39, 0.29) is 0 Å². The van der Waals surface area contributed by atoms with E-state index in [0.717, 1.165) is 22.6 Å². The van der Waals surface area contributed by atoms with Crippen LogP contribution in [0.15, 0.2) is 22.7 Å². The van der Waals surface area contributed by atoms with Crippen LogP contribution < -0.4 is 10.2 Å². The highest BCUT2D eigenvalue weighted by molar-refractivity contribution is 9.10. The predicted molar refractivity (Wildman–Crippen MR) is 82.7 cm³/mol. The van der Waals surface area contributed by atoms with Crippen molar-refractivity contribution in [2.45, 2.75) is 38.8 Å². The van der Waals surface area contributed by atoms with E-state index in [1.54, 1.807) is 0 Å². The molecule has 0 amide bonds. The number of rotatable bonds is 3. The molecule has 2 nitrogen and oxygen atoms in total. The second-order valence-electron chi connectivity index (χ2n) is 4.99. The van der Waals surface area contributed by atoms with Crippen molar-refractivity contribution in [1.29, 1.82) is 0 Å².